The SMILES string of the molecule is N#CC(=C=[N-])C(C#N)(C#N)C1C=C(C[C+](C2CC2)C2CC2)CC1. The summed E-state index contributed by atoms with van der Waals surface area (Å²) in [5, 5.41) is 37.3. The Hall–Kier alpha value is -2.47. The van der Waals surface area contributed by atoms with E-state index in [4.69, 9.17) is 10.7 Å². The minimum Gasteiger partial charge on any atom is -0.762 e. The monoisotopic (exact) mass is 302 g/mol. The Labute approximate surface area is 137 Å². The van der Waals surface area contributed by atoms with Crippen LogP contribution in [0.15, 0.2) is 17.2 Å². The van der Waals surface area contributed by atoms with E-state index in [9.17, 15) is 10.5 Å². The zero-order valence-electron chi connectivity index (χ0n) is 13.0. The van der Waals surface area contributed by atoms with Gasteiger partial charge in [-0.1, -0.05) is 6.08 Å². The minimum absolute atomic E-state index is 0.279. The summed E-state index contributed by atoms with van der Waals surface area (Å²) in [5.74, 6) is 4.66. The average Bonchev–Trinajstić information content (AvgIpc) is 3.50. The van der Waals surface area contributed by atoms with Crippen LogP contribution in [0, 0.1) is 63.1 Å². The third-order valence-electron chi connectivity index (χ3n) is 5.37. The molecule has 0 aliphatic heterocycles. The molecule has 3 rings (SSSR count). The molecule has 0 radical (unpaired) electrons. The Morgan fingerprint density at radius 3 is 2.17 bits per heavy atom. The van der Waals surface area contributed by atoms with E-state index in [1.54, 1.807) is 17.9 Å². The van der Waals surface area contributed by atoms with Gasteiger partial charge in [-0.3, -0.25) is 5.87 Å². The second kappa shape index (κ2) is 5.96. The first kappa shape index (κ1) is 15.4. The highest BCUT2D eigenvalue weighted by Crippen LogP contribution is 2.54. The van der Waals surface area contributed by atoms with Gasteiger partial charge in [0.2, 0.25) is 0 Å². The van der Waals surface area contributed by atoms with Gasteiger partial charge in [-0.25, -0.2) is 0 Å². The number of nitrogens with zero attached hydrogens (tertiary/aromatic N) is 4. The van der Waals surface area contributed by atoms with Gasteiger partial charge in [0.1, 0.15) is 30.2 Å². The topological polar surface area (TPSA) is 93.7 Å². The van der Waals surface area contributed by atoms with Crippen molar-refractivity contribution in [3.8, 4) is 18.2 Å². The van der Waals surface area contributed by atoms with Crippen LogP contribution in [0.25, 0.3) is 5.41 Å². The van der Waals surface area contributed by atoms with Crippen LogP contribution in [0.3, 0.4) is 0 Å². The highest BCUT2D eigenvalue weighted by molar-refractivity contribution is 5.71. The second-order valence-corrected chi connectivity index (χ2v) is 6.90. The maximum absolute atomic E-state index is 9.50. The molecule has 3 aliphatic carbocycles. The Balaban J connectivity index is 1.80. The lowest BCUT2D eigenvalue weighted by atomic mass is 9.72. The van der Waals surface area contributed by atoms with Gasteiger partial charge < -0.3 is 5.41 Å². The summed E-state index contributed by atoms with van der Waals surface area (Å²) in [6, 6.07) is 5.68. The summed E-state index contributed by atoms with van der Waals surface area (Å²) < 4.78 is 0. The van der Waals surface area contributed by atoms with E-state index < -0.39 is 5.41 Å². The molecule has 2 saturated carbocycles. The fourth-order valence-electron chi connectivity index (χ4n) is 3.76. The quantitative estimate of drug-likeness (QED) is 0.323. The van der Waals surface area contributed by atoms with Crippen LogP contribution < -0.4 is 0 Å². The predicted molar refractivity (Wildman–Crippen MR) is 85.3 cm³/mol. The van der Waals surface area contributed by atoms with Gasteiger partial charge in [-0.2, -0.15) is 15.8 Å². The average molecular weight is 302 g/mol. The van der Waals surface area contributed by atoms with Gasteiger partial charge in [-0.15, -0.1) is 0 Å². The van der Waals surface area contributed by atoms with Crippen LogP contribution >= 0.6 is 0 Å². The molecule has 1 unspecified atom stereocenters. The highest BCUT2D eigenvalue weighted by Gasteiger charge is 2.52. The maximum atomic E-state index is 9.50. The first-order valence-electron chi connectivity index (χ1n) is 8.23. The standard InChI is InChI=1S/C19H18N4/c20-9-17(10-21)19(11-22,12-23)16-6-1-13(7-16)8-18(14-2-3-14)15-4-5-15/h7,14-16H,1-6,8H2. The van der Waals surface area contributed by atoms with E-state index in [1.807, 2.05) is 18.2 Å². The molecule has 0 saturated heterocycles. The molecule has 2 fully saturated rings. The Kier molecular flexibility index (Phi) is 4.00. The van der Waals surface area contributed by atoms with Crippen molar-refractivity contribution in [2.24, 2.45) is 23.2 Å². The predicted octanol–water partition coefficient (Wildman–Crippen LogP) is 3.83. The summed E-state index contributed by atoms with van der Waals surface area (Å²) in [5.41, 5.74) is -0.614. The van der Waals surface area contributed by atoms with Crippen LogP contribution in [0.5, 0.6) is 0 Å². The molecule has 0 bridgehead atoms. The summed E-state index contributed by atoms with van der Waals surface area (Å²) in [4.78, 5) is 0. The van der Waals surface area contributed by atoms with Crippen LogP contribution in [-0.2, 0) is 0 Å². The van der Waals surface area contributed by atoms with Gasteiger partial charge in [0, 0.05) is 5.92 Å². The lowest BCUT2D eigenvalue weighted by molar-refractivity contribution is 0.447. The smallest absolute Gasteiger partial charge is 0.189 e. The minimum atomic E-state index is -1.62. The van der Waals surface area contributed by atoms with Crippen LogP contribution in [0.1, 0.15) is 44.9 Å². The van der Waals surface area contributed by atoms with Gasteiger partial charge in [-0.05, 0) is 44.1 Å². The van der Waals surface area contributed by atoms with Crippen LogP contribution in [-0.4, -0.2) is 5.87 Å². The van der Waals surface area contributed by atoms with Crippen LogP contribution in [0.4, 0.5) is 0 Å². The molecule has 114 valence electrons. The summed E-state index contributed by atoms with van der Waals surface area (Å²) in [7, 11) is 0. The lowest BCUT2D eigenvalue weighted by Crippen LogP contribution is -2.27. The lowest BCUT2D eigenvalue weighted by Gasteiger charge is -2.22. The van der Waals surface area contributed by atoms with Crippen molar-refractivity contribution in [3.05, 3.63) is 28.5 Å². The Morgan fingerprint density at radius 2 is 1.74 bits per heavy atom. The van der Waals surface area contributed by atoms with E-state index in [-0.39, 0.29) is 11.5 Å². The summed E-state index contributed by atoms with van der Waals surface area (Å²) in [6.07, 6.45) is 9.77. The molecule has 23 heavy (non-hydrogen) atoms. The summed E-state index contributed by atoms with van der Waals surface area (Å²) >= 11 is 0. The summed E-state index contributed by atoms with van der Waals surface area (Å²) in [6.45, 7) is 0. The fourth-order valence-corrected chi connectivity index (χ4v) is 3.76. The van der Waals surface area contributed by atoms with Gasteiger partial charge in [0.25, 0.3) is 0 Å². The number of hydrogen-bond donors (Lipinski definition) is 0. The number of hydrogen-bond acceptors (Lipinski definition) is 3. The Bertz CT molecular complexity index is 671. The van der Waals surface area contributed by atoms with Gasteiger partial charge in [0.05, 0.1) is 17.7 Å². The van der Waals surface area contributed by atoms with Crippen molar-refractivity contribution in [1.82, 2.24) is 0 Å². The molecule has 1 atom stereocenters. The molecule has 0 aromatic rings. The van der Waals surface area contributed by atoms with Crippen molar-refractivity contribution in [2.75, 3.05) is 0 Å². The second-order valence-electron chi connectivity index (χ2n) is 6.90. The molecule has 4 heteroatoms. The zero-order chi connectivity index (χ0) is 16.4. The molecule has 0 aromatic carbocycles. The molecule has 0 N–H and O–H groups in total. The number of nitriles is 3. The van der Waals surface area contributed by atoms with Crippen molar-refractivity contribution in [1.29, 1.82) is 15.8 Å². The highest BCUT2D eigenvalue weighted by atomic mass is 14.5. The third-order valence-corrected chi connectivity index (χ3v) is 5.37. The van der Waals surface area contributed by atoms with Crippen molar-refractivity contribution in [2.45, 2.75) is 44.9 Å². The van der Waals surface area contributed by atoms with Crippen molar-refractivity contribution >= 4 is 5.87 Å². The van der Waals surface area contributed by atoms with Gasteiger partial charge >= 0.3 is 0 Å². The van der Waals surface area contributed by atoms with E-state index >= 15 is 0 Å². The molecule has 0 heterocycles. The molecular formula is C19H18N4. The Morgan fingerprint density at radius 1 is 1.13 bits per heavy atom. The van der Waals surface area contributed by atoms with E-state index in [2.05, 4.69) is 0 Å². The normalized spacial score (nSPS) is 23.0. The molecule has 4 nitrogen and oxygen atoms in total. The van der Waals surface area contributed by atoms with Crippen molar-refractivity contribution in [3.63, 3.8) is 0 Å². The number of rotatable bonds is 6. The molecule has 3 aliphatic rings. The molecule has 0 spiro atoms. The molecule has 0 aromatic heterocycles. The third kappa shape index (κ3) is 2.77. The zero-order valence-corrected chi connectivity index (χ0v) is 13.0. The van der Waals surface area contributed by atoms with E-state index in [1.165, 1.54) is 31.3 Å². The molecular weight excluding hydrogens is 284 g/mol. The van der Waals surface area contributed by atoms with Gasteiger partial charge in [0.15, 0.2) is 5.41 Å². The molecule has 0 amide bonds. The van der Waals surface area contributed by atoms with E-state index in [0.29, 0.717) is 6.42 Å². The largest absolute Gasteiger partial charge is 0.762 e. The first-order chi connectivity index (χ1) is 11.2. The van der Waals surface area contributed by atoms with Crippen molar-refractivity contribution < 1.29 is 0 Å². The maximum Gasteiger partial charge on any atom is 0.189 e. The number of allylic oxidation sites excluding steroid dienone is 3. The first-order valence-corrected chi connectivity index (χ1v) is 8.23. The van der Waals surface area contributed by atoms with E-state index in [0.717, 1.165) is 24.7 Å². The fraction of sp³-hybridized carbons (Fsp3) is 0.579. The van der Waals surface area contributed by atoms with Crippen LogP contribution in [0.2, 0.25) is 0 Å².